The lowest BCUT2D eigenvalue weighted by molar-refractivity contribution is -0.173. The van der Waals surface area contributed by atoms with E-state index in [1.165, 1.54) is 19.3 Å². The highest BCUT2D eigenvalue weighted by Gasteiger charge is 2.56. The molecule has 108 valence electrons. The lowest BCUT2D eigenvalue weighted by Gasteiger charge is -2.37. The number of esters is 2. The van der Waals surface area contributed by atoms with E-state index in [0.717, 1.165) is 0 Å². The summed E-state index contributed by atoms with van der Waals surface area (Å²) in [6.45, 7) is 0. The van der Waals surface area contributed by atoms with Crippen molar-refractivity contribution in [1.29, 1.82) is 0 Å². The quantitative estimate of drug-likeness (QED) is 0.757. The molecule has 2 aliphatic rings. The summed E-state index contributed by atoms with van der Waals surface area (Å²) in [5, 5.41) is 0. The highest BCUT2D eigenvalue weighted by molar-refractivity contribution is 6.04. The van der Waals surface area contributed by atoms with E-state index in [0.29, 0.717) is 5.56 Å². The van der Waals surface area contributed by atoms with E-state index >= 15 is 0 Å². The van der Waals surface area contributed by atoms with Crippen LogP contribution in [0.4, 0.5) is 0 Å². The second-order valence-corrected chi connectivity index (χ2v) is 4.80. The number of ketones is 1. The molecule has 3 rings (SSSR count). The van der Waals surface area contributed by atoms with Crippen molar-refractivity contribution in [1.82, 2.24) is 0 Å². The molecular weight excluding hydrogens is 276 g/mol. The molecule has 0 aromatic heterocycles. The lowest BCUT2D eigenvalue weighted by atomic mass is 9.85. The molecule has 2 heterocycles. The molecule has 2 atom stereocenters. The molecule has 0 unspecified atom stereocenters. The molecule has 0 bridgehead atoms. The highest BCUT2D eigenvalue weighted by atomic mass is 16.6. The minimum atomic E-state index is -1.68. The topological polar surface area (TPSA) is 78.9 Å². The number of hydrogen-bond donors (Lipinski definition) is 0. The summed E-state index contributed by atoms with van der Waals surface area (Å²) >= 11 is 0. The van der Waals surface area contributed by atoms with Gasteiger partial charge in [0.25, 0.3) is 5.60 Å². The van der Waals surface area contributed by atoms with E-state index in [9.17, 15) is 14.4 Å². The SMILES string of the molecule is COC(=O)[C@]1([C@@H]2C=CC(=O)O2)CC(=O)c2ccccc2O1. The zero-order chi connectivity index (χ0) is 15.0. The second-order valence-electron chi connectivity index (χ2n) is 4.80. The van der Waals surface area contributed by atoms with Crippen LogP contribution < -0.4 is 4.74 Å². The Balaban J connectivity index is 2.07. The zero-order valence-corrected chi connectivity index (χ0v) is 11.2. The molecular formula is C15H12O6. The van der Waals surface area contributed by atoms with Crippen LogP contribution in [0.2, 0.25) is 0 Å². The van der Waals surface area contributed by atoms with Gasteiger partial charge in [0.1, 0.15) is 5.75 Å². The summed E-state index contributed by atoms with van der Waals surface area (Å²) in [6.07, 6.45) is 1.36. The molecule has 2 aliphatic heterocycles. The van der Waals surface area contributed by atoms with Crippen LogP contribution in [-0.4, -0.2) is 36.5 Å². The Hall–Kier alpha value is -2.63. The minimum absolute atomic E-state index is 0.251. The number of fused-ring (bicyclic) bond motifs is 1. The maximum atomic E-state index is 12.3. The molecule has 0 radical (unpaired) electrons. The minimum Gasteiger partial charge on any atom is -0.470 e. The van der Waals surface area contributed by atoms with E-state index < -0.39 is 23.6 Å². The number of benzene rings is 1. The van der Waals surface area contributed by atoms with Crippen molar-refractivity contribution in [2.75, 3.05) is 7.11 Å². The fourth-order valence-corrected chi connectivity index (χ4v) is 2.53. The van der Waals surface area contributed by atoms with Crippen molar-refractivity contribution >= 4 is 17.7 Å². The van der Waals surface area contributed by atoms with Crippen molar-refractivity contribution in [3.05, 3.63) is 42.0 Å². The Morgan fingerprint density at radius 2 is 2.10 bits per heavy atom. The number of carbonyl (C=O) groups excluding carboxylic acids is 3. The Labute approximate surface area is 120 Å². The molecule has 6 nitrogen and oxygen atoms in total. The Bertz CT molecular complexity index is 662. The average molecular weight is 288 g/mol. The fourth-order valence-electron chi connectivity index (χ4n) is 2.53. The van der Waals surface area contributed by atoms with Gasteiger partial charge < -0.3 is 14.2 Å². The first-order chi connectivity index (χ1) is 10.1. The number of ether oxygens (including phenoxy) is 3. The molecule has 1 aromatic carbocycles. The third-order valence-electron chi connectivity index (χ3n) is 3.54. The fraction of sp³-hybridized carbons (Fsp3) is 0.267. The molecule has 6 heteroatoms. The number of carbonyl (C=O) groups is 3. The number of rotatable bonds is 2. The smallest absolute Gasteiger partial charge is 0.355 e. The molecule has 0 aliphatic carbocycles. The number of hydrogen-bond acceptors (Lipinski definition) is 6. The number of para-hydroxylation sites is 1. The van der Waals surface area contributed by atoms with Crippen molar-refractivity contribution < 1.29 is 28.6 Å². The lowest BCUT2D eigenvalue weighted by Crippen LogP contribution is -2.57. The standard InChI is InChI=1S/C15H12O6/c1-19-14(18)15(12-6-7-13(17)20-12)8-10(16)9-4-2-3-5-11(9)21-15/h2-7,12H,8H2,1H3/t12-,15+/m0/s1. The molecule has 0 saturated carbocycles. The predicted molar refractivity (Wildman–Crippen MR) is 69.8 cm³/mol. The molecule has 1 aromatic rings. The van der Waals surface area contributed by atoms with E-state index in [2.05, 4.69) is 0 Å². The Morgan fingerprint density at radius 3 is 2.76 bits per heavy atom. The Kier molecular flexibility index (Phi) is 3.01. The highest BCUT2D eigenvalue weighted by Crippen LogP contribution is 2.38. The number of cyclic esters (lactones) is 1. The first kappa shape index (κ1) is 13.4. The van der Waals surface area contributed by atoms with Crippen molar-refractivity contribution in [2.24, 2.45) is 0 Å². The first-order valence-electron chi connectivity index (χ1n) is 6.35. The van der Waals surface area contributed by atoms with Gasteiger partial charge in [-0.05, 0) is 18.2 Å². The van der Waals surface area contributed by atoms with Gasteiger partial charge >= 0.3 is 11.9 Å². The third kappa shape index (κ3) is 1.99. The van der Waals surface area contributed by atoms with Gasteiger partial charge in [0.05, 0.1) is 19.1 Å². The van der Waals surface area contributed by atoms with Crippen LogP contribution in [0.15, 0.2) is 36.4 Å². The molecule has 0 spiro atoms. The third-order valence-corrected chi connectivity index (χ3v) is 3.54. The van der Waals surface area contributed by atoms with E-state index in [-0.39, 0.29) is 18.0 Å². The van der Waals surface area contributed by atoms with Gasteiger partial charge in [0, 0.05) is 6.08 Å². The van der Waals surface area contributed by atoms with Gasteiger partial charge in [-0.15, -0.1) is 0 Å². The Morgan fingerprint density at radius 1 is 1.33 bits per heavy atom. The van der Waals surface area contributed by atoms with Crippen molar-refractivity contribution in [2.45, 2.75) is 18.1 Å². The first-order valence-corrected chi connectivity index (χ1v) is 6.35. The van der Waals surface area contributed by atoms with Gasteiger partial charge in [-0.3, -0.25) is 4.79 Å². The van der Waals surface area contributed by atoms with Gasteiger partial charge in [0.15, 0.2) is 11.9 Å². The maximum Gasteiger partial charge on any atom is 0.355 e. The summed E-state index contributed by atoms with van der Waals surface area (Å²) in [5.41, 5.74) is -1.28. The predicted octanol–water partition coefficient (Wildman–Crippen LogP) is 1.05. The van der Waals surface area contributed by atoms with Gasteiger partial charge in [-0.25, -0.2) is 9.59 Å². The monoisotopic (exact) mass is 288 g/mol. The van der Waals surface area contributed by atoms with E-state index in [4.69, 9.17) is 14.2 Å². The van der Waals surface area contributed by atoms with Crippen LogP contribution in [0.5, 0.6) is 5.75 Å². The number of Topliss-reactive ketones (excluding diaryl/α,β-unsaturated/α-hetero) is 1. The summed E-state index contributed by atoms with van der Waals surface area (Å²) in [7, 11) is 1.19. The average Bonchev–Trinajstić information content (AvgIpc) is 2.93. The van der Waals surface area contributed by atoms with Crippen LogP contribution in [0, 0.1) is 0 Å². The second kappa shape index (κ2) is 4.73. The molecule has 0 saturated heterocycles. The number of methoxy groups -OCH3 is 1. The zero-order valence-electron chi connectivity index (χ0n) is 11.2. The molecule has 0 fully saturated rings. The molecule has 21 heavy (non-hydrogen) atoms. The van der Waals surface area contributed by atoms with E-state index in [1.54, 1.807) is 24.3 Å². The maximum absolute atomic E-state index is 12.3. The normalized spacial score (nSPS) is 26.8. The van der Waals surface area contributed by atoms with Crippen LogP contribution in [0.1, 0.15) is 16.8 Å². The van der Waals surface area contributed by atoms with Crippen LogP contribution in [0.25, 0.3) is 0 Å². The van der Waals surface area contributed by atoms with E-state index in [1.807, 2.05) is 0 Å². The van der Waals surface area contributed by atoms with Crippen LogP contribution >= 0.6 is 0 Å². The van der Waals surface area contributed by atoms with Gasteiger partial charge in [-0.2, -0.15) is 0 Å². The van der Waals surface area contributed by atoms with Crippen LogP contribution in [0.3, 0.4) is 0 Å². The summed E-state index contributed by atoms with van der Waals surface area (Å²) < 4.78 is 15.6. The van der Waals surface area contributed by atoms with Gasteiger partial charge in [-0.1, -0.05) is 12.1 Å². The van der Waals surface area contributed by atoms with Crippen LogP contribution in [-0.2, 0) is 19.1 Å². The molecule has 0 amide bonds. The summed E-state index contributed by atoms with van der Waals surface area (Å²) in [6, 6.07) is 6.61. The largest absolute Gasteiger partial charge is 0.470 e. The van der Waals surface area contributed by atoms with Crippen molar-refractivity contribution in [3.8, 4) is 5.75 Å². The molecule has 0 N–H and O–H groups in total. The summed E-state index contributed by atoms with van der Waals surface area (Å²) in [4.78, 5) is 35.8. The van der Waals surface area contributed by atoms with Gasteiger partial charge in [0.2, 0.25) is 0 Å². The van der Waals surface area contributed by atoms with Crippen molar-refractivity contribution in [3.63, 3.8) is 0 Å². The summed E-state index contributed by atoms with van der Waals surface area (Å²) in [5.74, 6) is -1.33.